The fourth-order valence-corrected chi connectivity index (χ4v) is 4.21. The lowest BCUT2D eigenvalue weighted by Crippen LogP contribution is -2.52. The Kier molecular flexibility index (Phi) is 5.09. The van der Waals surface area contributed by atoms with Crippen molar-refractivity contribution in [1.29, 1.82) is 0 Å². The quantitative estimate of drug-likeness (QED) is 0.492. The first-order valence-corrected chi connectivity index (χ1v) is 8.14. The van der Waals surface area contributed by atoms with E-state index in [1.165, 1.54) is 0 Å². The topological polar surface area (TPSA) is 63.6 Å². The molecule has 0 aromatic heterocycles. The highest BCUT2D eigenvalue weighted by Gasteiger charge is 2.49. The van der Waals surface area contributed by atoms with Crippen molar-refractivity contribution in [3.05, 3.63) is 24.3 Å². The Morgan fingerprint density at radius 2 is 1.82 bits per heavy atom. The molecule has 2 aliphatic carbocycles. The first-order valence-electron chi connectivity index (χ1n) is 8.14. The number of hydrogen-bond donors (Lipinski definition) is 1. The van der Waals surface area contributed by atoms with Gasteiger partial charge in [0.05, 0.1) is 0 Å². The Labute approximate surface area is 132 Å². The zero-order valence-corrected chi connectivity index (χ0v) is 13.6. The van der Waals surface area contributed by atoms with Gasteiger partial charge in [-0.05, 0) is 44.4 Å². The van der Waals surface area contributed by atoms with Crippen molar-refractivity contribution < 1.29 is 19.4 Å². The minimum absolute atomic E-state index is 0.153. The summed E-state index contributed by atoms with van der Waals surface area (Å²) in [6, 6.07) is 0. The summed E-state index contributed by atoms with van der Waals surface area (Å²) >= 11 is 0. The van der Waals surface area contributed by atoms with E-state index in [0.29, 0.717) is 5.92 Å². The number of carbonyl (C=O) groups is 2. The second kappa shape index (κ2) is 6.67. The van der Waals surface area contributed by atoms with Crippen LogP contribution >= 0.6 is 0 Å². The molecule has 0 fully saturated rings. The third-order valence-electron chi connectivity index (χ3n) is 5.43. The number of hydrogen-bond acceptors (Lipinski definition) is 3. The van der Waals surface area contributed by atoms with Gasteiger partial charge in [0.1, 0.15) is 5.60 Å². The average molecular weight is 306 g/mol. The molecule has 0 aromatic carbocycles. The molecule has 2 rings (SSSR count). The second-order valence-corrected chi connectivity index (χ2v) is 6.88. The van der Waals surface area contributed by atoms with E-state index in [9.17, 15) is 9.59 Å². The Morgan fingerprint density at radius 1 is 1.14 bits per heavy atom. The van der Waals surface area contributed by atoms with Crippen LogP contribution in [0.2, 0.25) is 0 Å². The molecule has 22 heavy (non-hydrogen) atoms. The number of esters is 1. The normalized spacial score (nSPS) is 34.0. The van der Waals surface area contributed by atoms with E-state index in [4.69, 9.17) is 9.84 Å². The van der Waals surface area contributed by atoms with E-state index < -0.39 is 17.5 Å². The van der Waals surface area contributed by atoms with Crippen molar-refractivity contribution in [2.24, 2.45) is 23.7 Å². The second-order valence-electron chi connectivity index (χ2n) is 6.88. The van der Waals surface area contributed by atoms with Crippen molar-refractivity contribution in [3.8, 4) is 0 Å². The van der Waals surface area contributed by atoms with Crippen LogP contribution in [-0.4, -0.2) is 22.6 Å². The van der Waals surface area contributed by atoms with Gasteiger partial charge in [-0.2, -0.15) is 0 Å². The number of rotatable bonds is 3. The zero-order valence-electron chi connectivity index (χ0n) is 13.6. The lowest BCUT2D eigenvalue weighted by molar-refractivity contribution is -0.188. The fraction of sp³-hybridized carbons (Fsp3) is 0.667. The maximum Gasteiger partial charge on any atom is 0.417 e. The van der Waals surface area contributed by atoms with Crippen LogP contribution in [0.15, 0.2) is 24.3 Å². The largest absolute Gasteiger partial charge is 0.473 e. The van der Waals surface area contributed by atoms with Crippen LogP contribution in [0.1, 0.15) is 46.5 Å². The summed E-state index contributed by atoms with van der Waals surface area (Å²) in [5, 5.41) is 8.97. The third kappa shape index (κ3) is 3.26. The SMILES string of the molecule is CC1C=CCCC1C(C)(OC(=O)C(=O)O)C1CC=CCC1C. The molecule has 4 heteroatoms. The Hall–Kier alpha value is -1.58. The summed E-state index contributed by atoms with van der Waals surface area (Å²) in [6.07, 6.45) is 12.3. The van der Waals surface area contributed by atoms with Crippen LogP contribution < -0.4 is 0 Å². The molecule has 0 bridgehead atoms. The van der Waals surface area contributed by atoms with Crippen molar-refractivity contribution in [2.75, 3.05) is 0 Å². The fourth-order valence-electron chi connectivity index (χ4n) is 4.21. The summed E-state index contributed by atoms with van der Waals surface area (Å²) < 4.78 is 5.61. The zero-order chi connectivity index (χ0) is 16.3. The van der Waals surface area contributed by atoms with Gasteiger partial charge in [0, 0.05) is 11.8 Å². The lowest BCUT2D eigenvalue weighted by atomic mass is 9.63. The number of allylic oxidation sites excluding steroid dienone is 4. The number of ether oxygens (including phenoxy) is 1. The molecule has 0 amide bonds. The van der Waals surface area contributed by atoms with Crippen molar-refractivity contribution in [2.45, 2.75) is 52.1 Å². The summed E-state index contributed by atoms with van der Waals surface area (Å²) in [6.45, 7) is 6.22. The summed E-state index contributed by atoms with van der Waals surface area (Å²) in [5.74, 6) is -1.69. The number of carboxylic acid groups (broad SMARTS) is 1. The van der Waals surface area contributed by atoms with Crippen LogP contribution in [-0.2, 0) is 14.3 Å². The van der Waals surface area contributed by atoms with Crippen LogP contribution in [0, 0.1) is 23.7 Å². The number of aliphatic carboxylic acids is 1. The third-order valence-corrected chi connectivity index (χ3v) is 5.43. The molecule has 0 aliphatic heterocycles. The van der Waals surface area contributed by atoms with E-state index in [0.717, 1.165) is 25.7 Å². The van der Waals surface area contributed by atoms with Gasteiger partial charge in [-0.25, -0.2) is 9.59 Å². The van der Waals surface area contributed by atoms with Crippen LogP contribution in [0.4, 0.5) is 0 Å². The minimum Gasteiger partial charge on any atom is -0.473 e. The van der Waals surface area contributed by atoms with Gasteiger partial charge in [-0.15, -0.1) is 0 Å². The Morgan fingerprint density at radius 3 is 2.41 bits per heavy atom. The maximum absolute atomic E-state index is 11.8. The molecule has 0 saturated heterocycles. The van der Waals surface area contributed by atoms with Crippen LogP contribution in [0.3, 0.4) is 0 Å². The highest BCUT2D eigenvalue weighted by Crippen LogP contribution is 2.46. The van der Waals surface area contributed by atoms with Gasteiger partial charge < -0.3 is 9.84 Å². The molecular formula is C18H26O4. The highest BCUT2D eigenvalue weighted by molar-refractivity contribution is 6.28. The van der Waals surface area contributed by atoms with Crippen LogP contribution in [0.25, 0.3) is 0 Å². The van der Waals surface area contributed by atoms with Gasteiger partial charge in [0.2, 0.25) is 0 Å². The molecule has 5 unspecified atom stereocenters. The standard InChI is InChI=1S/C18H26O4/c1-12-8-4-6-10-14(12)18(3,22-17(21)16(19)20)15-11-7-5-9-13(15)2/h4-6,9,12-15H,7-8,10-11H2,1-3H3,(H,19,20). The highest BCUT2D eigenvalue weighted by atomic mass is 16.6. The van der Waals surface area contributed by atoms with Gasteiger partial charge in [-0.1, -0.05) is 38.2 Å². The van der Waals surface area contributed by atoms with E-state index >= 15 is 0 Å². The van der Waals surface area contributed by atoms with Gasteiger partial charge in [0.15, 0.2) is 0 Å². The first-order chi connectivity index (χ1) is 10.4. The number of carboxylic acids is 1. The van der Waals surface area contributed by atoms with E-state index in [-0.39, 0.29) is 17.8 Å². The predicted molar refractivity (Wildman–Crippen MR) is 84.2 cm³/mol. The first kappa shape index (κ1) is 16.8. The summed E-state index contributed by atoms with van der Waals surface area (Å²) in [4.78, 5) is 22.8. The molecule has 122 valence electrons. The van der Waals surface area contributed by atoms with E-state index in [1.54, 1.807) is 0 Å². The summed E-state index contributed by atoms with van der Waals surface area (Å²) in [5.41, 5.74) is -0.746. The maximum atomic E-state index is 11.8. The van der Waals surface area contributed by atoms with Crippen LogP contribution in [0.5, 0.6) is 0 Å². The van der Waals surface area contributed by atoms with Gasteiger partial charge in [0.25, 0.3) is 0 Å². The molecule has 2 aliphatic rings. The Balaban J connectivity index is 2.34. The minimum atomic E-state index is -1.51. The van der Waals surface area contributed by atoms with Crippen molar-refractivity contribution in [1.82, 2.24) is 0 Å². The lowest BCUT2D eigenvalue weighted by Gasteiger charge is -2.48. The Bertz CT molecular complexity index is 489. The van der Waals surface area contributed by atoms with Crippen molar-refractivity contribution >= 4 is 11.9 Å². The molecule has 0 heterocycles. The molecule has 1 N–H and O–H groups in total. The molecule has 0 radical (unpaired) electrons. The molecule has 0 spiro atoms. The molecule has 0 saturated carbocycles. The van der Waals surface area contributed by atoms with Crippen molar-refractivity contribution in [3.63, 3.8) is 0 Å². The average Bonchev–Trinajstić information content (AvgIpc) is 2.47. The number of carbonyl (C=O) groups excluding carboxylic acids is 1. The van der Waals surface area contributed by atoms with Gasteiger partial charge >= 0.3 is 11.9 Å². The molecule has 0 aromatic rings. The smallest absolute Gasteiger partial charge is 0.417 e. The van der Waals surface area contributed by atoms with E-state index in [1.807, 2.05) is 6.92 Å². The summed E-state index contributed by atoms with van der Waals surface area (Å²) in [7, 11) is 0. The predicted octanol–water partition coefficient (Wildman–Crippen LogP) is 3.58. The molecular weight excluding hydrogens is 280 g/mol. The van der Waals surface area contributed by atoms with E-state index in [2.05, 4.69) is 38.2 Å². The van der Waals surface area contributed by atoms with Gasteiger partial charge in [-0.3, -0.25) is 0 Å². The molecule has 4 nitrogen and oxygen atoms in total. The monoisotopic (exact) mass is 306 g/mol. The molecule has 5 atom stereocenters.